The van der Waals surface area contributed by atoms with Crippen molar-refractivity contribution in [2.24, 2.45) is 0 Å². The first-order valence-electron chi connectivity index (χ1n) is 9.47. The molecule has 0 heterocycles. The van der Waals surface area contributed by atoms with Gasteiger partial charge < -0.3 is 4.74 Å². The average Bonchev–Trinajstić information content (AvgIpc) is 2.73. The molecule has 0 radical (unpaired) electrons. The predicted molar refractivity (Wildman–Crippen MR) is 121 cm³/mol. The molecule has 0 bridgehead atoms. The molecule has 3 aromatic carbocycles. The molecule has 146 valence electrons. The van der Waals surface area contributed by atoms with Crippen molar-refractivity contribution in [2.75, 3.05) is 13.2 Å². The van der Waals surface area contributed by atoms with Crippen LogP contribution in [0.3, 0.4) is 0 Å². The van der Waals surface area contributed by atoms with Gasteiger partial charge in [-0.3, -0.25) is 4.90 Å². The average molecular weight is 459 g/mol. The molecule has 0 fully saturated rings. The topological polar surface area (TPSA) is 12.5 Å². The molecule has 3 aromatic rings. The first-order valence-corrected chi connectivity index (χ1v) is 10.8. The van der Waals surface area contributed by atoms with Crippen molar-refractivity contribution in [1.29, 1.82) is 0 Å². The summed E-state index contributed by atoms with van der Waals surface area (Å²) in [6, 6.07) is 29.1. The van der Waals surface area contributed by atoms with E-state index in [1.807, 2.05) is 24.3 Å². The Labute approximate surface area is 181 Å². The van der Waals surface area contributed by atoms with Crippen LogP contribution in [0.5, 0.6) is 5.75 Å². The molecule has 0 aromatic heterocycles. The Balaban J connectivity index is 1.67. The van der Waals surface area contributed by atoms with E-state index in [0.29, 0.717) is 17.7 Å². The Morgan fingerprint density at radius 3 is 2.29 bits per heavy atom. The predicted octanol–water partition coefficient (Wildman–Crippen LogP) is 6.75. The van der Waals surface area contributed by atoms with Crippen molar-refractivity contribution in [3.63, 3.8) is 0 Å². The molecule has 4 heteroatoms. The Kier molecular flexibility index (Phi) is 7.96. The summed E-state index contributed by atoms with van der Waals surface area (Å²) in [5.41, 5.74) is 2.62. The number of benzene rings is 3. The Morgan fingerprint density at radius 1 is 0.929 bits per heavy atom. The second-order valence-electron chi connectivity index (χ2n) is 6.87. The fourth-order valence-corrected chi connectivity index (χ4v) is 3.85. The van der Waals surface area contributed by atoms with Gasteiger partial charge in [-0.25, -0.2) is 0 Å². The Bertz CT molecular complexity index is 843. The second kappa shape index (κ2) is 10.7. The molecule has 0 spiro atoms. The number of rotatable bonds is 9. The summed E-state index contributed by atoms with van der Waals surface area (Å²) in [5.74, 6) is 0.794. The van der Waals surface area contributed by atoms with E-state index in [-0.39, 0.29) is 4.83 Å². The molecule has 0 amide bonds. The molecular formula is C24H25BrClNO. The van der Waals surface area contributed by atoms with Crippen molar-refractivity contribution in [1.82, 2.24) is 4.90 Å². The minimum atomic E-state index is 0.196. The molecule has 0 N–H and O–H groups in total. The summed E-state index contributed by atoms with van der Waals surface area (Å²) in [6.45, 7) is 4.59. The number of halogens is 2. The lowest BCUT2D eigenvalue weighted by Crippen LogP contribution is -2.34. The number of nitrogens with zero attached hydrogens (tertiary/aromatic N) is 1. The van der Waals surface area contributed by atoms with Crippen LogP contribution in [0.1, 0.15) is 24.1 Å². The molecule has 2 atom stereocenters. The van der Waals surface area contributed by atoms with Gasteiger partial charge in [0.25, 0.3) is 0 Å². The zero-order chi connectivity index (χ0) is 19.8. The van der Waals surface area contributed by atoms with E-state index in [9.17, 15) is 0 Å². The van der Waals surface area contributed by atoms with Gasteiger partial charge in [0.15, 0.2) is 0 Å². The summed E-state index contributed by atoms with van der Waals surface area (Å²) in [7, 11) is 0. The number of hydrogen-bond donors (Lipinski definition) is 0. The zero-order valence-electron chi connectivity index (χ0n) is 16.0. The van der Waals surface area contributed by atoms with E-state index >= 15 is 0 Å². The Morgan fingerprint density at radius 2 is 1.61 bits per heavy atom. The van der Waals surface area contributed by atoms with Gasteiger partial charge in [0.05, 0.1) is 4.83 Å². The number of alkyl halides is 1. The first kappa shape index (κ1) is 20.9. The molecule has 0 aliphatic carbocycles. The molecular weight excluding hydrogens is 434 g/mol. The Hall–Kier alpha value is -1.81. The van der Waals surface area contributed by atoms with E-state index in [1.165, 1.54) is 11.1 Å². The van der Waals surface area contributed by atoms with Crippen molar-refractivity contribution >= 4 is 27.5 Å². The van der Waals surface area contributed by atoms with E-state index in [0.717, 1.165) is 18.8 Å². The summed E-state index contributed by atoms with van der Waals surface area (Å²) in [5, 5.41) is 0.687. The maximum absolute atomic E-state index is 6.04. The second-order valence-corrected chi connectivity index (χ2v) is 8.60. The summed E-state index contributed by atoms with van der Waals surface area (Å²) >= 11 is 9.85. The van der Waals surface area contributed by atoms with Gasteiger partial charge in [0.1, 0.15) is 12.4 Å². The van der Waals surface area contributed by atoms with Crippen molar-refractivity contribution in [3.05, 3.63) is 101 Å². The van der Waals surface area contributed by atoms with Gasteiger partial charge in [-0.1, -0.05) is 94.3 Å². The standard InChI is InChI=1S/C24H25BrClNO/c1-19(21-11-6-3-7-12-21)27(16-20-9-4-2-5-10-20)17-22(25)18-28-24-14-8-13-23(26)15-24/h2-15,19,22H,16-18H2,1H3/t19-,22+/m1/s1. The van der Waals surface area contributed by atoms with E-state index < -0.39 is 0 Å². The van der Waals surface area contributed by atoms with Crippen LogP contribution in [-0.4, -0.2) is 22.9 Å². The highest BCUT2D eigenvalue weighted by Gasteiger charge is 2.20. The monoisotopic (exact) mass is 457 g/mol. The van der Waals surface area contributed by atoms with E-state index in [2.05, 4.69) is 88.4 Å². The highest BCUT2D eigenvalue weighted by atomic mass is 79.9. The quantitative estimate of drug-likeness (QED) is 0.329. The van der Waals surface area contributed by atoms with E-state index in [1.54, 1.807) is 0 Å². The molecule has 0 aliphatic rings. The highest BCUT2D eigenvalue weighted by Crippen LogP contribution is 2.24. The largest absolute Gasteiger partial charge is 0.492 e. The van der Waals surface area contributed by atoms with Crippen LogP contribution in [0.4, 0.5) is 0 Å². The number of ether oxygens (including phenoxy) is 1. The minimum absolute atomic E-state index is 0.196. The lowest BCUT2D eigenvalue weighted by atomic mass is 10.1. The van der Waals surface area contributed by atoms with Gasteiger partial charge in [-0.15, -0.1) is 0 Å². The van der Waals surface area contributed by atoms with Crippen LogP contribution < -0.4 is 4.74 Å². The third kappa shape index (κ3) is 6.37. The zero-order valence-corrected chi connectivity index (χ0v) is 18.3. The van der Waals surface area contributed by atoms with Gasteiger partial charge in [0.2, 0.25) is 0 Å². The maximum atomic E-state index is 6.04. The fourth-order valence-electron chi connectivity index (χ4n) is 3.17. The van der Waals surface area contributed by atoms with Crippen LogP contribution in [-0.2, 0) is 6.54 Å². The van der Waals surface area contributed by atoms with Crippen LogP contribution >= 0.6 is 27.5 Å². The molecule has 0 unspecified atom stereocenters. The SMILES string of the molecule is C[C@H](c1ccccc1)N(Cc1ccccc1)C[C@H](Br)COc1cccc(Cl)c1. The highest BCUT2D eigenvalue weighted by molar-refractivity contribution is 9.09. The van der Waals surface area contributed by atoms with Crippen molar-refractivity contribution in [2.45, 2.75) is 24.3 Å². The van der Waals surface area contributed by atoms with Gasteiger partial charge in [0, 0.05) is 24.2 Å². The summed E-state index contributed by atoms with van der Waals surface area (Å²) in [6.07, 6.45) is 0. The number of hydrogen-bond acceptors (Lipinski definition) is 2. The molecule has 2 nitrogen and oxygen atoms in total. The molecule has 28 heavy (non-hydrogen) atoms. The van der Waals surface area contributed by atoms with Crippen molar-refractivity contribution < 1.29 is 4.74 Å². The van der Waals surface area contributed by atoms with Crippen LogP contribution in [0, 0.1) is 0 Å². The van der Waals surface area contributed by atoms with Crippen LogP contribution in [0.15, 0.2) is 84.9 Å². The molecule has 3 rings (SSSR count). The van der Waals surface area contributed by atoms with E-state index in [4.69, 9.17) is 16.3 Å². The maximum Gasteiger partial charge on any atom is 0.120 e. The van der Waals surface area contributed by atoms with Gasteiger partial charge >= 0.3 is 0 Å². The van der Waals surface area contributed by atoms with Crippen LogP contribution in [0.25, 0.3) is 0 Å². The summed E-state index contributed by atoms with van der Waals surface area (Å²) < 4.78 is 5.93. The van der Waals surface area contributed by atoms with Crippen molar-refractivity contribution in [3.8, 4) is 5.75 Å². The molecule has 0 saturated heterocycles. The molecule has 0 saturated carbocycles. The van der Waals surface area contributed by atoms with Crippen LogP contribution in [0.2, 0.25) is 5.02 Å². The third-order valence-corrected chi connectivity index (χ3v) is 5.51. The normalized spacial score (nSPS) is 13.3. The lowest BCUT2D eigenvalue weighted by Gasteiger charge is -2.31. The fraction of sp³-hybridized carbons (Fsp3) is 0.250. The van der Waals surface area contributed by atoms with Gasteiger partial charge in [-0.2, -0.15) is 0 Å². The van der Waals surface area contributed by atoms with Gasteiger partial charge in [-0.05, 0) is 36.2 Å². The summed E-state index contributed by atoms with van der Waals surface area (Å²) in [4.78, 5) is 2.67. The minimum Gasteiger partial charge on any atom is -0.492 e. The smallest absolute Gasteiger partial charge is 0.120 e. The third-order valence-electron chi connectivity index (χ3n) is 4.72. The molecule has 0 aliphatic heterocycles. The first-order chi connectivity index (χ1) is 13.6. The lowest BCUT2D eigenvalue weighted by molar-refractivity contribution is 0.187.